The number of ether oxygens (including phenoxy) is 1. The molecular weight excluding hydrogens is 200 g/mol. The van der Waals surface area contributed by atoms with Crippen molar-refractivity contribution in [2.75, 3.05) is 26.7 Å². The summed E-state index contributed by atoms with van der Waals surface area (Å²) in [5, 5.41) is 6.68. The highest BCUT2D eigenvalue weighted by molar-refractivity contribution is 5.36. The third-order valence-electron chi connectivity index (χ3n) is 2.48. The zero-order valence-electron chi connectivity index (χ0n) is 10.5. The topological polar surface area (TPSA) is 33.3 Å². The molecule has 0 heterocycles. The summed E-state index contributed by atoms with van der Waals surface area (Å²) in [5.74, 6) is 0.960. The van der Waals surface area contributed by atoms with Crippen LogP contribution in [-0.4, -0.2) is 26.7 Å². The number of likely N-dealkylation sites (N-methyl/N-ethyl adjacent to an activating group) is 1. The third-order valence-corrected chi connectivity index (χ3v) is 2.48. The number of methoxy groups -OCH3 is 1. The maximum absolute atomic E-state index is 5.32. The summed E-state index contributed by atoms with van der Waals surface area (Å²) in [6.45, 7) is 8.08. The number of benzene rings is 1. The monoisotopic (exact) mass is 222 g/mol. The van der Waals surface area contributed by atoms with E-state index in [-0.39, 0.29) is 0 Å². The molecule has 2 N–H and O–H groups in total. The van der Waals surface area contributed by atoms with Gasteiger partial charge in [-0.3, -0.25) is 0 Å². The van der Waals surface area contributed by atoms with E-state index < -0.39 is 0 Å². The van der Waals surface area contributed by atoms with Gasteiger partial charge in [0.25, 0.3) is 0 Å². The van der Waals surface area contributed by atoms with E-state index in [2.05, 4.69) is 36.6 Å². The largest absolute Gasteiger partial charge is 0.496 e. The van der Waals surface area contributed by atoms with Crippen molar-refractivity contribution < 1.29 is 4.74 Å². The zero-order chi connectivity index (χ0) is 11.8. The summed E-state index contributed by atoms with van der Waals surface area (Å²) in [6, 6.07) is 6.26. The number of hydrogen-bond donors (Lipinski definition) is 2. The van der Waals surface area contributed by atoms with Gasteiger partial charge in [0, 0.05) is 25.2 Å². The van der Waals surface area contributed by atoms with Gasteiger partial charge in [-0.05, 0) is 19.5 Å². The smallest absolute Gasteiger partial charge is 0.123 e. The lowest BCUT2D eigenvalue weighted by atomic mass is 10.1. The van der Waals surface area contributed by atoms with E-state index in [4.69, 9.17) is 4.74 Å². The van der Waals surface area contributed by atoms with Crippen LogP contribution in [0.25, 0.3) is 0 Å². The molecule has 3 heteroatoms. The Balaban J connectivity index is 2.42. The van der Waals surface area contributed by atoms with Crippen molar-refractivity contribution in [3.05, 3.63) is 29.3 Å². The number of hydrogen-bond acceptors (Lipinski definition) is 3. The van der Waals surface area contributed by atoms with Gasteiger partial charge in [-0.25, -0.2) is 0 Å². The molecule has 16 heavy (non-hydrogen) atoms. The lowest BCUT2D eigenvalue weighted by Crippen LogP contribution is -2.26. The van der Waals surface area contributed by atoms with Gasteiger partial charge < -0.3 is 15.4 Å². The van der Waals surface area contributed by atoms with Crippen LogP contribution in [0.5, 0.6) is 5.75 Å². The van der Waals surface area contributed by atoms with Crippen LogP contribution in [0, 0.1) is 6.92 Å². The Morgan fingerprint density at radius 2 is 1.94 bits per heavy atom. The molecule has 3 nitrogen and oxygen atoms in total. The first-order valence-electron chi connectivity index (χ1n) is 5.83. The Bertz CT molecular complexity index is 313. The Morgan fingerprint density at radius 3 is 2.62 bits per heavy atom. The Kier molecular flexibility index (Phi) is 5.90. The lowest BCUT2D eigenvalue weighted by molar-refractivity contribution is 0.407. The fourth-order valence-electron chi connectivity index (χ4n) is 1.62. The number of nitrogens with one attached hydrogen (secondary N) is 2. The molecule has 0 fully saturated rings. The maximum atomic E-state index is 5.32. The summed E-state index contributed by atoms with van der Waals surface area (Å²) in [6.07, 6.45) is 0. The van der Waals surface area contributed by atoms with Crippen LogP contribution in [0.1, 0.15) is 18.1 Å². The highest BCUT2D eigenvalue weighted by atomic mass is 16.5. The fraction of sp³-hybridized carbons (Fsp3) is 0.538. The summed E-state index contributed by atoms with van der Waals surface area (Å²) in [5.41, 5.74) is 2.49. The minimum Gasteiger partial charge on any atom is -0.496 e. The Morgan fingerprint density at radius 1 is 1.19 bits per heavy atom. The molecule has 0 bridgehead atoms. The number of aryl methyl sites for hydroxylation is 1. The molecule has 0 spiro atoms. The molecule has 0 saturated heterocycles. The van der Waals surface area contributed by atoms with Gasteiger partial charge in [0.1, 0.15) is 5.75 Å². The van der Waals surface area contributed by atoms with Gasteiger partial charge in [0.05, 0.1) is 7.11 Å². The van der Waals surface area contributed by atoms with E-state index in [9.17, 15) is 0 Å². The molecule has 0 saturated carbocycles. The molecule has 0 radical (unpaired) electrons. The van der Waals surface area contributed by atoms with E-state index in [1.54, 1.807) is 7.11 Å². The molecule has 1 rings (SSSR count). The van der Waals surface area contributed by atoms with Gasteiger partial charge in [-0.1, -0.05) is 24.6 Å². The second-order valence-corrected chi connectivity index (χ2v) is 3.85. The average molecular weight is 222 g/mol. The van der Waals surface area contributed by atoms with Crippen molar-refractivity contribution in [1.29, 1.82) is 0 Å². The molecule has 0 aliphatic carbocycles. The Labute approximate surface area is 98.2 Å². The lowest BCUT2D eigenvalue weighted by Gasteiger charge is -2.10. The first kappa shape index (κ1) is 13.0. The van der Waals surface area contributed by atoms with Gasteiger partial charge >= 0.3 is 0 Å². The first-order chi connectivity index (χ1) is 7.77. The second-order valence-electron chi connectivity index (χ2n) is 3.85. The molecule has 1 aromatic rings. The van der Waals surface area contributed by atoms with Crippen LogP contribution in [0.15, 0.2) is 18.2 Å². The molecular formula is C13H22N2O. The van der Waals surface area contributed by atoms with Crippen molar-refractivity contribution >= 4 is 0 Å². The second kappa shape index (κ2) is 7.25. The Hall–Kier alpha value is -1.06. The van der Waals surface area contributed by atoms with E-state index in [0.717, 1.165) is 31.9 Å². The van der Waals surface area contributed by atoms with Crippen molar-refractivity contribution in [2.24, 2.45) is 0 Å². The molecule has 0 aliphatic rings. The number of rotatable bonds is 7. The van der Waals surface area contributed by atoms with E-state index >= 15 is 0 Å². The fourth-order valence-corrected chi connectivity index (χ4v) is 1.62. The quantitative estimate of drug-likeness (QED) is 0.689. The summed E-state index contributed by atoms with van der Waals surface area (Å²) in [7, 11) is 1.72. The average Bonchev–Trinajstić information content (AvgIpc) is 2.29. The molecule has 0 aliphatic heterocycles. The van der Waals surface area contributed by atoms with Crippen LogP contribution in [0.4, 0.5) is 0 Å². The van der Waals surface area contributed by atoms with Crippen molar-refractivity contribution in [1.82, 2.24) is 10.6 Å². The predicted molar refractivity (Wildman–Crippen MR) is 68.0 cm³/mol. The normalized spacial score (nSPS) is 10.4. The van der Waals surface area contributed by atoms with Crippen LogP contribution < -0.4 is 15.4 Å². The minimum atomic E-state index is 0.857. The highest BCUT2D eigenvalue weighted by Crippen LogP contribution is 2.18. The van der Waals surface area contributed by atoms with Gasteiger partial charge in [-0.2, -0.15) is 0 Å². The first-order valence-corrected chi connectivity index (χ1v) is 5.83. The van der Waals surface area contributed by atoms with Crippen molar-refractivity contribution in [3.63, 3.8) is 0 Å². The van der Waals surface area contributed by atoms with Crippen LogP contribution in [0.2, 0.25) is 0 Å². The molecule has 0 amide bonds. The van der Waals surface area contributed by atoms with Crippen molar-refractivity contribution in [3.8, 4) is 5.75 Å². The maximum Gasteiger partial charge on any atom is 0.123 e. The van der Waals surface area contributed by atoms with Gasteiger partial charge in [-0.15, -0.1) is 0 Å². The standard InChI is InChI=1S/C13H22N2O/c1-4-14-7-8-15-10-12-9-11(2)5-6-13(12)16-3/h5-6,9,14-15H,4,7-8,10H2,1-3H3. The van der Waals surface area contributed by atoms with Crippen LogP contribution in [-0.2, 0) is 6.54 Å². The zero-order valence-corrected chi connectivity index (χ0v) is 10.5. The third kappa shape index (κ3) is 4.21. The van der Waals surface area contributed by atoms with E-state index in [0.29, 0.717) is 0 Å². The van der Waals surface area contributed by atoms with E-state index in [1.807, 2.05) is 6.07 Å². The molecule has 0 atom stereocenters. The van der Waals surface area contributed by atoms with Gasteiger partial charge in [0.2, 0.25) is 0 Å². The predicted octanol–water partition coefficient (Wildman–Crippen LogP) is 1.70. The molecule has 1 aromatic carbocycles. The molecule has 90 valence electrons. The summed E-state index contributed by atoms with van der Waals surface area (Å²) < 4.78 is 5.32. The summed E-state index contributed by atoms with van der Waals surface area (Å²) in [4.78, 5) is 0. The molecule has 0 unspecified atom stereocenters. The SMILES string of the molecule is CCNCCNCc1cc(C)ccc1OC. The van der Waals surface area contributed by atoms with Crippen LogP contribution >= 0.6 is 0 Å². The summed E-state index contributed by atoms with van der Waals surface area (Å²) >= 11 is 0. The minimum absolute atomic E-state index is 0.857. The van der Waals surface area contributed by atoms with Gasteiger partial charge in [0.15, 0.2) is 0 Å². The van der Waals surface area contributed by atoms with Crippen molar-refractivity contribution in [2.45, 2.75) is 20.4 Å². The molecule has 0 aromatic heterocycles. The van der Waals surface area contributed by atoms with Crippen LogP contribution in [0.3, 0.4) is 0 Å². The highest BCUT2D eigenvalue weighted by Gasteiger charge is 2.01. The van der Waals surface area contributed by atoms with E-state index in [1.165, 1.54) is 11.1 Å².